The Kier molecular flexibility index (Phi) is 7.09. The fourth-order valence-corrected chi connectivity index (χ4v) is 2.72. The van der Waals surface area contributed by atoms with E-state index in [1.165, 1.54) is 0 Å². The summed E-state index contributed by atoms with van der Waals surface area (Å²) in [5.74, 6) is -1.43. The third kappa shape index (κ3) is 5.63. The zero-order valence-electron chi connectivity index (χ0n) is 16.6. The highest BCUT2D eigenvalue weighted by Crippen LogP contribution is 2.13. The molecule has 3 rings (SSSR count). The number of nitrogens with one attached hydrogen (secondary N) is 2. The molecule has 3 aromatic rings. The second-order valence-corrected chi connectivity index (χ2v) is 6.64. The van der Waals surface area contributed by atoms with Crippen LogP contribution >= 0.6 is 0 Å². The van der Waals surface area contributed by atoms with Gasteiger partial charge in [-0.15, -0.1) is 5.10 Å². The molecule has 0 bridgehead atoms. The monoisotopic (exact) mass is 409 g/mol. The van der Waals surface area contributed by atoms with Crippen LogP contribution < -0.4 is 10.6 Å². The van der Waals surface area contributed by atoms with Crippen molar-refractivity contribution in [1.29, 1.82) is 0 Å². The molecule has 2 amide bonds. The molecule has 0 radical (unpaired) electrons. The Bertz CT molecular complexity index is 1030. The lowest BCUT2D eigenvalue weighted by atomic mass is 10.1. The lowest BCUT2D eigenvalue weighted by molar-refractivity contribution is -0.127. The van der Waals surface area contributed by atoms with Crippen LogP contribution in [0, 0.1) is 0 Å². The Morgan fingerprint density at radius 2 is 1.77 bits per heavy atom. The summed E-state index contributed by atoms with van der Waals surface area (Å²) in [5.41, 5.74) is 3.02. The van der Waals surface area contributed by atoms with Crippen LogP contribution in [0.2, 0.25) is 0 Å². The van der Waals surface area contributed by atoms with Gasteiger partial charge in [0.25, 0.3) is 5.91 Å². The van der Waals surface area contributed by atoms with Crippen molar-refractivity contribution < 1.29 is 19.1 Å². The summed E-state index contributed by atoms with van der Waals surface area (Å²) in [7, 11) is 0. The number of nitrogens with zero attached hydrogens (tertiary/aromatic N) is 3. The van der Waals surface area contributed by atoms with Crippen molar-refractivity contribution >= 4 is 28.8 Å². The average Bonchev–Trinajstić information content (AvgIpc) is 3.18. The Morgan fingerprint density at radius 1 is 1.00 bits per heavy atom. The maximum atomic E-state index is 12.1. The Labute approximate surface area is 173 Å². The SMILES string of the molecule is CCCNC(=O)CNC(=O)COC(=O)c1ccc(Cn2nnc3ccccc32)cc1. The van der Waals surface area contributed by atoms with Crippen LogP contribution in [0.25, 0.3) is 11.0 Å². The van der Waals surface area contributed by atoms with Gasteiger partial charge in [0, 0.05) is 6.54 Å². The van der Waals surface area contributed by atoms with Gasteiger partial charge in [0.05, 0.1) is 24.2 Å². The highest BCUT2D eigenvalue weighted by Gasteiger charge is 2.12. The van der Waals surface area contributed by atoms with E-state index in [2.05, 4.69) is 20.9 Å². The first-order valence-corrected chi connectivity index (χ1v) is 9.64. The standard InChI is InChI=1S/C21H23N5O4/c1-2-11-22-19(27)12-23-20(28)14-30-21(29)16-9-7-15(8-10-16)13-26-18-6-4-3-5-17(18)24-25-26/h3-10H,2,11-14H2,1H3,(H,22,27)(H,23,28). The Hall–Kier alpha value is -3.75. The fourth-order valence-electron chi connectivity index (χ4n) is 2.72. The molecular formula is C21H23N5O4. The van der Waals surface area contributed by atoms with Gasteiger partial charge < -0.3 is 15.4 Å². The van der Waals surface area contributed by atoms with E-state index >= 15 is 0 Å². The minimum atomic E-state index is -0.613. The van der Waals surface area contributed by atoms with Crippen molar-refractivity contribution in [2.45, 2.75) is 19.9 Å². The number of hydrogen-bond acceptors (Lipinski definition) is 6. The first kappa shape index (κ1) is 21.0. The molecule has 0 atom stereocenters. The van der Waals surface area contributed by atoms with E-state index in [0.29, 0.717) is 18.7 Å². The van der Waals surface area contributed by atoms with E-state index in [9.17, 15) is 14.4 Å². The van der Waals surface area contributed by atoms with Crippen molar-refractivity contribution in [3.8, 4) is 0 Å². The molecule has 9 nitrogen and oxygen atoms in total. The number of benzene rings is 2. The quantitative estimate of drug-likeness (QED) is 0.515. The Balaban J connectivity index is 1.48. The highest BCUT2D eigenvalue weighted by molar-refractivity contribution is 5.92. The van der Waals surface area contributed by atoms with Gasteiger partial charge in [-0.05, 0) is 36.2 Å². The maximum Gasteiger partial charge on any atom is 0.338 e. The lowest BCUT2D eigenvalue weighted by Gasteiger charge is -2.08. The number of para-hydroxylation sites is 1. The number of amides is 2. The van der Waals surface area contributed by atoms with E-state index in [4.69, 9.17) is 4.74 Å². The third-order valence-corrected chi connectivity index (χ3v) is 4.29. The minimum absolute atomic E-state index is 0.151. The number of aromatic nitrogens is 3. The number of carbonyl (C=O) groups is 3. The molecule has 0 spiro atoms. The predicted octanol–water partition coefficient (Wildman–Crippen LogP) is 1.28. The molecule has 0 saturated carbocycles. The van der Waals surface area contributed by atoms with Crippen LogP contribution in [0.15, 0.2) is 48.5 Å². The molecule has 0 fully saturated rings. The maximum absolute atomic E-state index is 12.1. The molecule has 156 valence electrons. The van der Waals surface area contributed by atoms with Gasteiger partial charge in [-0.3, -0.25) is 9.59 Å². The summed E-state index contributed by atoms with van der Waals surface area (Å²) < 4.78 is 6.78. The van der Waals surface area contributed by atoms with Crippen LogP contribution in [0.1, 0.15) is 29.3 Å². The molecule has 2 N–H and O–H groups in total. The zero-order chi connectivity index (χ0) is 21.3. The average molecular weight is 409 g/mol. The molecule has 2 aromatic carbocycles. The van der Waals surface area contributed by atoms with E-state index in [-0.39, 0.29) is 12.5 Å². The molecule has 0 aliphatic carbocycles. The molecule has 0 aliphatic heterocycles. The van der Waals surface area contributed by atoms with Gasteiger partial charge in [-0.25, -0.2) is 9.48 Å². The summed E-state index contributed by atoms with van der Waals surface area (Å²) in [6, 6.07) is 14.5. The topological polar surface area (TPSA) is 115 Å². The van der Waals surface area contributed by atoms with Gasteiger partial charge >= 0.3 is 5.97 Å². The van der Waals surface area contributed by atoms with Gasteiger partial charge in [-0.1, -0.05) is 36.4 Å². The van der Waals surface area contributed by atoms with E-state index < -0.39 is 18.5 Å². The smallest absolute Gasteiger partial charge is 0.338 e. The molecule has 0 unspecified atom stereocenters. The largest absolute Gasteiger partial charge is 0.452 e. The van der Waals surface area contributed by atoms with Crippen LogP contribution in [-0.2, 0) is 20.9 Å². The minimum Gasteiger partial charge on any atom is -0.452 e. The Morgan fingerprint density at radius 3 is 2.53 bits per heavy atom. The van der Waals surface area contributed by atoms with Gasteiger partial charge in [0.15, 0.2) is 6.61 Å². The van der Waals surface area contributed by atoms with Crippen molar-refractivity contribution in [3.63, 3.8) is 0 Å². The lowest BCUT2D eigenvalue weighted by Crippen LogP contribution is -2.38. The number of ether oxygens (including phenoxy) is 1. The number of rotatable bonds is 9. The van der Waals surface area contributed by atoms with Crippen LogP contribution in [0.3, 0.4) is 0 Å². The molecule has 0 saturated heterocycles. The molecule has 30 heavy (non-hydrogen) atoms. The molecular weight excluding hydrogens is 386 g/mol. The van der Waals surface area contributed by atoms with E-state index in [1.807, 2.05) is 31.2 Å². The van der Waals surface area contributed by atoms with Crippen molar-refractivity contribution in [1.82, 2.24) is 25.6 Å². The fraction of sp³-hybridized carbons (Fsp3) is 0.286. The van der Waals surface area contributed by atoms with E-state index in [0.717, 1.165) is 23.0 Å². The molecule has 0 aliphatic rings. The summed E-state index contributed by atoms with van der Waals surface area (Å²) >= 11 is 0. The first-order chi connectivity index (χ1) is 14.6. The van der Waals surface area contributed by atoms with Crippen molar-refractivity contribution in [3.05, 3.63) is 59.7 Å². The zero-order valence-corrected chi connectivity index (χ0v) is 16.6. The molecule has 1 heterocycles. The van der Waals surface area contributed by atoms with Gasteiger partial charge in [-0.2, -0.15) is 0 Å². The van der Waals surface area contributed by atoms with Crippen molar-refractivity contribution in [2.75, 3.05) is 19.7 Å². The highest BCUT2D eigenvalue weighted by atomic mass is 16.5. The summed E-state index contributed by atoms with van der Waals surface area (Å²) in [5, 5.41) is 13.3. The summed E-state index contributed by atoms with van der Waals surface area (Å²) in [6.45, 7) is 2.39. The number of hydrogen-bond donors (Lipinski definition) is 2. The second kappa shape index (κ2) is 10.1. The van der Waals surface area contributed by atoms with Crippen LogP contribution in [0.5, 0.6) is 0 Å². The second-order valence-electron chi connectivity index (χ2n) is 6.64. The summed E-state index contributed by atoms with van der Waals surface area (Å²) in [6.07, 6.45) is 0.811. The number of fused-ring (bicyclic) bond motifs is 1. The number of carbonyl (C=O) groups excluding carboxylic acids is 3. The molecule has 1 aromatic heterocycles. The van der Waals surface area contributed by atoms with Crippen LogP contribution in [-0.4, -0.2) is 52.5 Å². The van der Waals surface area contributed by atoms with Gasteiger partial charge in [0.1, 0.15) is 5.52 Å². The number of esters is 1. The van der Waals surface area contributed by atoms with Crippen molar-refractivity contribution in [2.24, 2.45) is 0 Å². The predicted molar refractivity (Wildman–Crippen MR) is 110 cm³/mol. The van der Waals surface area contributed by atoms with Gasteiger partial charge in [0.2, 0.25) is 5.91 Å². The molecule has 9 heteroatoms. The third-order valence-electron chi connectivity index (χ3n) is 4.29. The summed E-state index contributed by atoms with van der Waals surface area (Å²) in [4.78, 5) is 35.3. The first-order valence-electron chi connectivity index (χ1n) is 9.64. The van der Waals surface area contributed by atoms with E-state index in [1.54, 1.807) is 28.9 Å². The normalized spacial score (nSPS) is 10.6. The van der Waals surface area contributed by atoms with Crippen LogP contribution in [0.4, 0.5) is 0 Å².